The molecule has 1 aliphatic heterocycles. The zero-order valence-corrected chi connectivity index (χ0v) is 14.3. The van der Waals surface area contributed by atoms with Crippen molar-refractivity contribution >= 4 is 17.7 Å². The number of piperidine rings is 1. The number of carbonyl (C=O) groups is 1. The molecule has 1 heterocycles. The highest BCUT2D eigenvalue weighted by atomic mass is 16.4. The fourth-order valence-electron chi connectivity index (χ4n) is 5.60. The van der Waals surface area contributed by atoms with Gasteiger partial charge in [0, 0.05) is 23.2 Å². The first-order valence-electron chi connectivity index (χ1n) is 9.05. The van der Waals surface area contributed by atoms with E-state index < -0.39 is 5.97 Å². The second-order valence-corrected chi connectivity index (χ2v) is 7.82. The molecule has 2 aliphatic carbocycles. The third-order valence-electron chi connectivity index (χ3n) is 6.72. The Morgan fingerprint density at radius 3 is 3.00 bits per heavy atom. The summed E-state index contributed by atoms with van der Waals surface area (Å²) in [4.78, 5) is 13.4. The first-order valence-corrected chi connectivity index (χ1v) is 9.05. The van der Waals surface area contributed by atoms with E-state index in [-0.39, 0.29) is 0 Å². The van der Waals surface area contributed by atoms with Gasteiger partial charge in [0.05, 0.1) is 0 Å². The summed E-state index contributed by atoms with van der Waals surface area (Å²) < 4.78 is 0. The Morgan fingerprint density at radius 1 is 1.38 bits per heavy atom. The lowest BCUT2D eigenvalue weighted by molar-refractivity contribution is -0.131. The summed E-state index contributed by atoms with van der Waals surface area (Å²) in [6, 6.07) is 4.92. The van der Waals surface area contributed by atoms with Gasteiger partial charge in [-0.25, -0.2) is 4.79 Å². The number of likely N-dealkylation sites (N-methyl/N-ethyl adjacent to an activating group) is 1. The third kappa shape index (κ3) is 2.27. The van der Waals surface area contributed by atoms with Crippen LogP contribution in [0.2, 0.25) is 0 Å². The van der Waals surface area contributed by atoms with Crippen LogP contribution in [0.15, 0.2) is 18.2 Å². The number of aliphatic carboxylic acids is 1. The molecule has 1 aromatic carbocycles. The molecule has 24 heavy (non-hydrogen) atoms. The SMILES string of the molecule is CN1CC[C@]23CCCC[C@H]2[C@H]1Cc1cc(C=CC(=O)O)c(N)cc13. The van der Waals surface area contributed by atoms with E-state index in [1.165, 1.54) is 55.9 Å². The van der Waals surface area contributed by atoms with Crippen molar-refractivity contribution in [1.29, 1.82) is 0 Å². The van der Waals surface area contributed by atoms with E-state index in [4.69, 9.17) is 10.8 Å². The summed E-state index contributed by atoms with van der Waals surface area (Å²) in [6.45, 7) is 1.17. The lowest BCUT2D eigenvalue weighted by Gasteiger charge is -2.58. The van der Waals surface area contributed by atoms with Gasteiger partial charge in [-0.3, -0.25) is 0 Å². The van der Waals surface area contributed by atoms with E-state index in [9.17, 15) is 4.79 Å². The summed E-state index contributed by atoms with van der Waals surface area (Å²) in [7, 11) is 2.26. The van der Waals surface area contributed by atoms with Gasteiger partial charge in [-0.15, -0.1) is 0 Å². The fourth-order valence-corrected chi connectivity index (χ4v) is 5.60. The first-order chi connectivity index (χ1) is 11.5. The molecular weight excluding hydrogens is 300 g/mol. The molecule has 0 aromatic heterocycles. The number of likely N-dealkylation sites (tertiary alicyclic amines) is 1. The van der Waals surface area contributed by atoms with Crippen LogP contribution in [0.4, 0.5) is 5.69 Å². The van der Waals surface area contributed by atoms with Gasteiger partial charge in [0.1, 0.15) is 0 Å². The second-order valence-electron chi connectivity index (χ2n) is 7.82. The van der Waals surface area contributed by atoms with Gasteiger partial charge in [0.15, 0.2) is 0 Å². The molecular formula is C20H26N2O2. The van der Waals surface area contributed by atoms with Gasteiger partial charge < -0.3 is 15.7 Å². The Hall–Kier alpha value is -1.81. The van der Waals surface area contributed by atoms with Crippen LogP contribution in [0.3, 0.4) is 0 Å². The zero-order chi connectivity index (χ0) is 16.9. The molecule has 2 fully saturated rings. The van der Waals surface area contributed by atoms with Gasteiger partial charge in [-0.1, -0.05) is 12.8 Å². The number of nitrogens with zero attached hydrogens (tertiary/aromatic N) is 1. The van der Waals surface area contributed by atoms with Gasteiger partial charge in [0.2, 0.25) is 0 Å². The summed E-state index contributed by atoms with van der Waals surface area (Å²) >= 11 is 0. The van der Waals surface area contributed by atoms with Crippen LogP contribution in [0.25, 0.3) is 6.08 Å². The minimum absolute atomic E-state index is 0.298. The number of carboxylic acids is 1. The minimum atomic E-state index is -0.935. The summed E-state index contributed by atoms with van der Waals surface area (Å²) in [5.41, 5.74) is 11.0. The quantitative estimate of drug-likeness (QED) is 0.647. The van der Waals surface area contributed by atoms with Crippen molar-refractivity contribution in [3.63, 3.8) is 0 Å². The first kappa shape index (κ1) is 15.7. The predicted octanol–water partition coefficient (Wildman–Crippen LogP) is 3.05. The maximum atomic E-state index is 10.8. The van der Waals surface area contributed by atoms with Crippen molar-refractivity contribution in [3.05, 3.63) is 34.9 Å². The third-order valence-corrected chi connectivity index (χ3v) is 6.72. The van der Waals surface area contributed by atoms with Crippen LogP contribution in [-0.4, -0.2) is 35.6 Å². The molecule has 0 spiro atoms. The molecule has 2 bridgehead atoms. The molecule has 4 nitrogen and oxygen atoms in total. The van der Waals surface area contributed by atoms with Crippen molar-refractivity contribution in [3.8, 4) is 0 Å². The predicted molar refractivity (Wildman–Crippen MR) is 95.9 cm³/mol. The van der Waals surface area contributed by atoms with Crippen LogP contribution in [0.5, 0.6) is 0 Å². The maximum Gasteiger partial charge on any atom is 0.328 e. The monoisotopic (exact) mass is 326 g/mol. The molecule has 3 N–H and O–H groups in total. The van der Waals surface area contributed by atoms with E-state index in [1.807, 2.05) is 0 Å². The van der Waals surface area contributed by atoms with Crippen LogP contribution < -0.4 is 5.73 Å². The molecule has 3 atom stereocenters. The van der Waals surface area contributed by atoms with Crippen molar-refractivity contribution < 1.29 is 9.90 Å². The molecule has 1 saturated carbocycles. The molecule has 4 rings (SSSR count). The molecule has 0 radical (unpaired) electrons. The van der Waals surface area contributed by atoms with E-state index in [0.29, 0.717) is 17.1 Å². The number of hydrogen-bond donors (Lipinski definition) is 2. The number of rotatable bonds is 2. The van der Waals surface area contributed by atoms with Crippen molar-refractivity contribution in [2.24, 2.45) is 5.92 Å². The Bertz CT molecular complexity index is 712. The van der Waals surface area contributed by atoms with Crippen LogP contribution in [0, 0.1) is 5.92 Å². The summed E-state index contributed by atoms with van der Waals surface area (Å²) in [6.07, 6.45) is 10.4. The molecule has 1 aromatic rings. The van der Waals surface area contributed by atoms with Crippen LogP contribution >= 0.6 is 0 Å². The maximum absolute atomic E-state index is 10.8. The summed E-state index contributed by atoms with van der Waals surface area (Å²) in [5, 5.41) is 8.89. The molecule has 0 unspecified atom stereocenters. The van der Waals surface area contributed by atoms with E-state index in [2.05, 4.69) is 24.1 Å². The zero-order valence-electron chi connectivity index (χ0n) is 14.3. The number of nitrogens with two attached hydrogens (primary N) is 1. The molecule has 128 valence electrons. The molecule has 1 saturated heterocycles. The number of benzene rings is 1. The normalized spacial score (nSPS) is 32.4. The van der Waals surface area contributed by atoms with Gasteiger partial charge >= 0.3 is 5.97 Å². The number of hydrogen-bond acceptors (Lipinski definition) is 3. The second kappa shape index (κ2) is 5.62. The lowest BCUT2D eigenvalue weighted by atomic mass is 9.52. The topological polar surface area (TPSA) is 66.6 Å². The Morgan fingerprint density at radius 2 is 2.21 bits per heavy atom. The van der Waals surface area contributed by atoms with Crippen molar-refractivity contribution in [2.75, 3.05) is 19.3 Å². The van der Waals surface area contributed by atoms with Crippen molar-refractivity contribution in [2.45, 2.75) is 50.0 Å². The van der Waals surface area contributed by atoms with Crippen molar-refractivity contribution in [1.82, 2.24) is 4.90 Å². The highest BCUT2D eigenvalue weighted by molar-refractivity contribution is 5.87. The Labute approximate surface area is 143 Å². The average Bonchev–Trinajstić information content (AvgIpc) is 2.57. The van der Waals surface area contributed by atoms with Crippen LogP contribution in [-0.2, 0) is 16.6 Å². The van der Waals surface area contributed by atoms with Gasteiger partial charge in [-0.2, -0.15) is 0 Å². The summed E-state index contributed by atoms with van der Waals surface area (Å²) in [5.74, 6) is -0.188. The highest BCUT2D eigenvalue weighted by Crippen LogP contribution is 2.56. The van der Waals surface area contributed by atoms with Gasteiger partial charge in [-0.05, 0) is 80.1 Å². The van der Waals surface area contributed by atoms with Crippen LogP contribution in [0.1, 0.15) is 48.8 Å². The molecule has 3 aliphatic rings. The minimum Gasteiger partial charge on any atom is -0.478 e. The average molecular weight is 326 g/mol. The number of anilines is 1. The largest absolute Gasteiger partial charge is 0.478 e. The molecule has 4 heteroatoms. The van der Waals surface area contributed by atoms with E-state index >= 15 is 0 Å². The number of fused-ring (bicyclic) bond motifs is 1. The van der Waals surface area contributed by atoms with Gasteiger partial charge in [0.25, 0.3) is 0 Å². The number of nitrogen functional groups attached to an aromatic ring is 1. The Kier molecular flexibility index (Phi) is 3.68. The number of carboxylic acid groups (broad SMARTS) is 1. The highest BCUT2D eigenvalue weighted by Gasteiger charge is 2.53. The standard InChI is InChI=1S/C20H26N2O2/c1-22-9-8-20-7-3-2-4-15(20)18(22)11-14-10-13(5-6-19(23)24)17(21)12-16(14)20/h5-6,10,12,15,18H,2-4,7-9,11,21H2,1H3,(H,23,24)/t15-,18+,20+/m0/s1. The van der Waals surface area contributed by atoms with E-state index in [1.54, 1.807) is 6.08 Å². The smallest absolute Gasteiger partial charge is 0.328 e. The fraction of sp³-hybridized carbons (Fsp3) is 0.550. The Balaban J connectivity index is 1.83. The lowest BCUT2D eigenvalue weighted by Crippen LogP contribution is -2.59. The van der Waals surface area contributed by atoms with E-state index in [0.717, 1.165) is 17.9 Å². The molecule has 0 amide bonds.